The average molecular weight is 412 g/mol. The number of piperazine rings is 1. The van der Waals surface area contributed by atoms with Gasteiger partial charge in [-0.2, -0.15) is 0 Å². The second-order valence-corrected chi connectivity index (χ2v) is 7.50. The van der Waals surface area contributed by atoms with E-state index in [1.54, 1.807) is 19.2 Å². The molecule has 152 valence electrons. The number of imidazole rings is 1. The van der Waals surface area contributed by atoms with Crippen molar-refractivity contribution in [3.05, 3.63) is 52.9 Å². The first-order valence-electron chi connectivity index (χ1n) is 9.83. The van der Waals surface area contributed by atoms with Crippen molar-refractivity contribution >= 4 is 35.0 Å². The monoisotopic (exact) mass is 411 g/mol. The SMILES string of the molecule is CCOC(=O)c1ccc(N2CCN(Cn3c(=S)n(C)c4ccccc43)CC2)nc1. The van der Waals surface area contributed by atoms with Crippen LogP contribution in [0.1, 0.15) is 17.3 Å². The maximum Gasteiger partial charge on any atom is 0.339 e. The van der Waals surface area contributed by atoms with E-state index >= 15 is 0 Å². The number of carbonyl (C=O) groups is 1. The number of aromatic nitrogens is 3. The van der Waals surface area contributed by atoms with E-state index in [1.807, 2.05) is 19.2 Å². The molecule has 1 fully saturated rings. The lowest BCUT2D eigenvalue weighted by atomic mass is 10.2. The molecule has 1 saturated heterocycles. The molecule has 0 spiro atoms. The summed E-state index contributed by atoms with van der Waals surface area (Å²) in [7, 11) is 2.02. The Labute approximate surface area is 175 Å². The van der Waals surface area contributed by atoms with Gasteiger partial charge in [-0.25, -0.2) is 9.78 Å². The lowest BCUT2D eigenvalue weighted by molar-refractivity contribution is 0.0526. The molecule has 3 heterocycles. The number of ether oxygens (including phenoxy) is 1. The minimum atomic E-state index is -0.330. The molecule has 3 aromatic rings. The molecule has 0 unspecified atom stereocenters. The van der Waals surface area contributed by atoms with E-state index in [9.17, 15) is 4.79 Å². The lowest BCUT2D eigenvalue weighted by Crippen LogP contribution is -2.47. The van der Waals surface area contributed by atoms with E-state index in [4.69, 9.17) is 17.0 Å². The van der Waals surface area contributed by atoms with Crippen molar-refractivity contribution in [3.8, 4) is 0 Å². The topological polar surface area (TPSA) is 55.5 Å². The van der Waals surface area contributed by atoms with Gasteiger partial charge in [0.15, 0.2) is 4.77 Å². The Morgan fingerprint density at radius 2 is 1.83 bits per heavy atom. The van der Waals surface area contributed by atoms with Gasteiger partial charge in [-0.15, -0.1) is 0 Å². The standard InChI is InChI=1S/C21H25N5O2S/c1-3-28-20(27)16-8-9-19(22-14-16)25-12-10-24(11-13-25)15-26-18-7-5-4-6-17(18)23(2)21(26)29/h4-9,14H,3,10-13,15H2,1-2H3. The molecule has 0 N–H and O–H groups in total. The Morgan fingerprint density at radius 3 is 2.48 bits per heavy atom. The van der Waals surface area contributed by atoms with Gasteiger partial charge in [0.05, 0.1) is 29.9 Å². The molecule has 1 aliphatic rings. The van der Waals surface area contributed by atoms with Crippen molar-refractivity contribution < 1.29 is 9.53 Å². The largest absolute Gasteiger partial charge is 0.462 e. The van der Waals surface area contributed by atoms with Gasteiger partial charge in [0.25, 0.3) is 0 Å². The molecule has 2 aromatic heterocycles. The van der Waals surface area contributed by atoms with E-state index in [2.05, 4.69) is 42.1 Å². The molecule has 1 aromatic carbocycles. The van der Waals surface area contributed by atoms with Crippen molar-refractivity contribution in [2.45, 2.75) is 13.6 Å². The van der Waals surface area contributed by atoms with E-state index < -0.39 is 0 Å². The summed E-state index contributed by atoms with van der Waals surface area (Å²) in [5.41, 5.74) is 2.81. The highest BCUT2D eigenvalue weighted by molar-refractivity contribution is 7.71. The lowest BCUT2D eigenvalue weighted by Gasteiger charge is -2.35. The molecular formula is C21H25N5O2S. The number of para-hydroxylation sites is 2. The zero-order chi connectivity index (χ0) is 20.4. The third-order valence-electron chi connectivity index (χ3n) is 5.35. The number of fused-ring (bicyclic) bond motifs is 1. The van der Waals surface area contributed by atoms with Crippen molar-refractivity contribution in [1.82, 2.24) is 19.0 Å². The van der Waals surface area contributed by atoms with Crippen LogP contribution in [0.25, 0.3) is 11.0 Å². The summed E-state index contributed by atoms with van der Waals surface area (Å²) in [6, 6.07) is 12.0. The molecule has 29 heavy (non-hydrogen) atoms. The van der Waals surface area contributed by atoms with Gasteiger partial charge in [0.1, 0.15) is 5.82 Å². The quantitative estimate of drug-likeness (QED) is 0.475. The predicted octanol–water partition coefficient (Wildman–Crippen LogP) is 3.06. The van der Waals surface area contributed by atoms with Crippen LogP contribution in [0.3, 0.4) is 0 Å². The van der Waals surface area contributed by atoms with Crippen LogP contribution in [0.15, 0.2) is 42.6 Å². The first-order chi connectivity index (χ1) is 14.1. The average Bonchev–Trinajstić information content (AvgIpc) is 3.00. The molecule has 0 aliphatic carbocycles. The van der Waals surface area contributed by atoms with Crippen LogP contribution < -0.4 is 4.90 Å². The fourth-order valence-corrected chi connectivity index (χ4v) is 3.98. The highest BCUT2D eigenvalue weighted by Crippen LogP contribution is 2.19. The van der Waals surface area contributed by atoms with E-state index in [0.29, 0.717) is 12.2 Å². The van der Waals surface area contributed by atoms with Gasteiger partial charge >= 0.3 is 5.97 Å². The Balaban J connectivity index is 1.41. The second-order valence-electron chi connectivity index (χ2n) is 7.13. The van der Waals surface area contributed by atoms with Crippen LogP contribution in [0.5, 0.6) is 0 Å². The fourth-order valence-electron chi connectivity index (χ4n) is 3.73. The zero-order valence-corrected chi connectivity index (χ0v) is 17.6. The zero-order valence-electron chi connectivity index (χ0n) is 16.7. The van der Waals surface area contributed by atoms with Gasteiger partial charge < -0.3 is 18.8 Å². The third-order valence-corrected chi connectivity index (χ3v) is 5.84. The molecule has 1 aliphatic heterocycles. The van der Waals surface area contributed by atoms with Crippen molar-refractivity contribution in [3.63, 3.8) is 0 Å². The number of pyridine rings is 1. The maximum atomic E-state index is 11.8. The number of hydrogen-bond donors (Lipinski definition) is 0. The van der Waals surface area contributed by atoms with Crippen LogP contribution in [0.4, 0.5) is 5.82 Å². The third kappa shape index (κ3) is 3.90. The van der Waals surface area contributed by atoms with Gasteiger partial charge in [0, 0.05) is 39.4 Å². The molecule has 0 bridgehead atoms. The molecular weight excluding hydrogens is 386 g/mol. The van der Waals surface area contributed by atoms with Gasteiger partial charge in [0.2, 0.25) is 0 Å². The molecule has 0 amide bonds. The molecule has 0 atom stereocenters. The number of anilines is 1. The Kier molecular flexibility index (Phi) is 5.64. The van der Waals surface area contributed by atoms with Gasteiger partial charge in [-0.1, -0.05) is 12.1 Å². The summed E-state index contributed by atoms with van der Waals surface area (Å²) in [6.07, 6.45) is 1.59. The van der Waals surface area contributed by atoms with Crippen LogP contribution >= 0.6 is 12.2 Å². The number of aryl methyl sites for hydroxylation is 1. The number of hydrogen-bond acceptors (Lipinski definition) is 6. The van der Waals surface area contributed by atoms with Crippen molar-refractivity contribution in [1.29, 1.82) is 0 Å². The summed E-state index contributed by atoms with van der Waals surface area (Å²) >= 11 is 5.66. The summed E-state index contributed by atoms with van der Waals surface area (Å²) in [5, 5.41) is 0. The maximum absolute atomic E-state index is 11.8. The summed E-state index contributed by atoms with van der Waals surface area (Å²) < 4.78 is 10.1. The molecule has 0 saturated carbocycles. The normalized spacial score (nSPS) is 15.0. The molecule has 4 rings (SSSR count). The van der Waals surface area contributed by atoms with Crippen LogP contribution in [-0.2, 0) is 18.5 Å². The fraction of sp³-hybridized carbons (Fsp3) is 0.381. The van der Waals surface area contributed by atoms with Crippen molar-refractivity contribution in [2.75, 3.05) is 37.7 Å². The second kappa shape index (κ2) is 8.34. The highest BCUT2D eigenvalue weighted by Gasteiger charge is 2.20. The minimum absolute atomic E-state index is 0.330. The summed E-state index contributed by atoms with van der Waals surface area (Å²) in [4.78, 5) is 20.9. The van der Waals surface area contributed by atoms with Gasteiger partial charge in [-0.3, -0.25) is 4.90 Å². The number of esters is 1. The Bertz CT molecular complexity index is 1060. The molecule has 0 radical (unpaired) electrons. The number of carbonyl (C=O) groups excluding carboxylic acids is 1. The van der Waals surface area contributed by atoms with Crippen LogP contribution in [0, 0.1) is 4.77 Å². The van der Waals surface area contributed by atoms with E-state index in [-0.39, 0.29) is 5.97 Å². The number of nitrogens with zero attached hydrogens (tertiary/aromatic N) is 5. The Hall–Kier alpha value is -2.71. The highest BCUT2D eigenvalue weighted by atomic mass is 32.1. The Morgan fingerprint density at radius 1 is 1.10 bits per heavy atom. The number of benzene rings is 1. The first-order valence-corrected chi connectivity index (χ1v) is 10.2. The smallest absolute Gasteiger partial charge is 0.339 e. The minimum Gasteiger partial charge on any atom is -0.462 e. The van der Waals surface area contributed by atoms with Crippen molar-refractivity contribution in [2.24, 2.45) is 7.05 Å². The summed E-state index contributed by atoms with van der Waals surface area (Å²) in [5.74, 6) is 0.558. The molecule has 7 nitrogen and oxygen atoms in total. The number of rotatable bonds is 5. The van der Waals surface area contributed by atoms with Crippen LogP contribution in [-0.4, -0.2) is 57.8 Å². The first kappa shape index (κ1) is 19.6. The van der Waals surface area contributed by atoms with E-state index in [1.165, 1.54) is 5.52 Å². The van der Waals surface area contributed by atoms with Gasteiger partial charge in [-0.05, 0) is 43.4 Å². The van der Waals surface area contributed by atoms with E-state index in [0.717, 1.165) is 49.0 Å². The molecule has 8 heteroatoms. The van der Waals surface area contributed by atoms with Crippen LogP contribution in [0.2, 0.25) is 0 Å². The predicted molar refractivity (Wildman–Crippen MR) is 116 cm³/mol. The summed E-state index contributed by atoms with van der Waals surface area (Å²) in [6.45, 7) is 6.55.